The molecule has 6 nitrogen and oxygen atoms in total. The van der Waals surface area contributed by atoms with E-state index in [0.29, 0.717) is 25.3 Å². The maximum atomic E-state index is 12.2. The van der Waals surface area contributed by atoms with Gasteiger partial charge in [-0.15, -0.1) is 0 Å². The Kier molecular flexibility index (Phi) is 6.53. The van der Waals surface area contributed by atoms with Crippen LogP contribution in [0.2, 0.25) is 0 Å². The van der Waals surface area contributed by atoms with E-state index in [1.807, 2.05) is 60.7 Å². The molecule has 0 N–H and O–H groups in total. The minimum atomic E-state index is -3.00. The number of methoxy groups -OCH3 is 1. The van der Waals surface area contributed by atoms with E-state index >= 15 is 0 Å². The number of pyridine rings is 1. The molecule has 1 unspecified atom stereocenters. The molecule has 1 aromatic heterocycles. The summed E-state index contributed by atoms with van der Waals surface area (Å²) in [5.74, 6) is 2.64. The highest BCUT2D eigenvalue weighted by Crippen LogP contribution is 2.29. The number of benzene rings is 2. The Labute approximate surface area is 183 Å². The zero-order valence-electron chi connectivity index (χ0n) is 17.5. The van der Waals surface area contributed by atoms with E-state index in [0.717, 1.165) is 22.6 Å². The molecule has 4 rings (SSSR count). The summed E-state index contributed by atoms with van der Waals surface area (Å²) in [7, 11) is -1.35. The van der Waals surface area contributed by atoms with Gasteiger partial charge in [0.05, 0.1) is 24.8 Å². The molecule has 31 heavy (non-hydrogen) atoms. The predicted octanol–water partition coefficient (Wildman–Crippen LogP) is 4.07. The first-order chi connectivity index (χ1) is 15.0. The lowest BCUT2D eigenvalue weighted by atomic mass is 10.1. The summed E-state index contributed by atoms with van der Waals surface area (Å²) in [5, 5.41) is 0. The average Bonchev–Trinajstić information content (AvgIpc) is 3.15. The summed E-state index contributed by atoms with van der Waals surface area (Å²) in [4.78, 5) is 6.34. The zero-order chi connectivity index (χ0) is 21.7. The standard InChI is InChI=1S/C24H26N2O4S/c1-29-22-10-8-19(9-11-22)16-26(21-12-14-31(27,28)18-21)17-20-5-2-3-7-24(20)30-23-6-4-13-25-15-23/h2-11,13,15,21H,12,14,16-18H2,1H3. The smallest absolute Gasteiger partial charge is 0.151 e. The molecule has 1 atom stereocenters. The number of aromatic nitrogens is 1. The van der Waals surface area contributed by atoms with E-state index in [2.05, 4.69) is 9.88 Å². The monoisotopic (exact) mass is 438 g/mol. The fourth-order valence-electron chi connectivity index (χ4n) is 3.83. The Hall–Kier alpha value is -2.90. The third kappa shape index (κ3) is 5.62. The molecule has 2 heterocycles. The van der Waals surface area contributed by atoms with Gasteiger partial charge in [-0.05, 0) is 42.3 Å². The van der Waals surface area contributed by atoms with Crippen molar-refractivity contribution in [3.8, 4) is 17.2 Å². The molecule has 2 aromatic carbocycles. The van der Waals surface area contributed by atoms with E-state index in [4.69, 9.17) is 9.47 Å². The summed E-state index contributed by atoms with van der Waals surface area (Å²) in [6, 6.07) is 19.4. The van der Waals surface area contributed by atoms with E-state index in [1.54, 1.807) is 19.5 Å². The summed E-state index contributed by atoms with van der Waals surface area (Å²) >= 11 is 0. The fourth-order valence-corrected chi connectivity index (χ4v) is 5.59. The van der Waals surface area contributed by atoms with Crippen LogP contribution in [-0.4, -0.2) is 43.0 Å². The average molecular weight is 439 g/mol. The van der Waals surface area contributed by atoms with Gasteiger partial charge in [0.25, 0.3) is 0 Å². The molecule has 1 saturated heterocycles. The quantitative estimate of drug-likeness (QED) is 0.528. The van der Waals surface area contributed by atoms with Crippen molar-refractivity contribution in [1.82, 2.24) is 9.88 Å². The van der Waals surface area contributed by atoms with Gasteiger partial charge in [0, 0.05) is 30.9 Å². The number of rotatable bonds is 8. The van der Waals surface area contributed by atoms with Crippen molar-refractivity contribution in [1.29, 1.82) is 0 Å². The third-order valence-electron chi connectivity index (χ3n) is 5.48. The summed E-state index contributed by atoms with van der Waals surface area (Å²) in [6.07, 6.45) is 4.02. The zero-order valence-corrected chi connectivity index (χ0v) is 18.3. The van der Waals surface area contributed by atoms with Crippen LogP contribution in [0.1, 0.15) is 17.5 Å². The highest BCUT2D eigenvalue weighted by Gasteiger charge is 2.32. The topological polar surface area (TPSA) is 68.7 Å². The van der Waals surface area contributed by atoms with Gasteiger partial charge in [0.15, 0.2) is 9.84 Å². The number of para-hydroxylation sites is 1. The third-order valence-corrected chi connectivity index (χ3v) is 7.23. The number of ether oxygens (including phenoxy) is 2. The molecular formula is C24H26N2O4S. The van der Waals surface area contributed by atoms with Crippen molar-refractivity contribution in [2.24, 2.45) is 0 Å². The van der Waals surface area contributed by atoms with Crippen LogP contribution in [0, 0.1) is 0 Å². The van der Waals surface area contributed by atoms with Gasteiger partial charge in [0.1, 0.15) is 17.2 Å². The Morgan fingerprint density at radius 2 is 1.81 bits per heavy atom. The Balaban J connectivity index is 1.58. The summed E-state index contributed by atoms with van der Waals surface area (Å²) in [6.45, 7) is 1.23. The maximum Gasteiger partial charge on any atom is 0.151 e. The van der Waals surface area contributed by atoms with Crippen molar-refractivity contribution >= 4 is 9.84 Å². The van der Waals surface area contributed by atoms with Gasteiger partial charge in [-0.2, -0.15) is 0 Å². The number of hydrogen-bond acceptors (Lipinski definition) is 6. The van der Waals surface area contributed by atoms with Crippen LogP contribution < -0.4 is 9.47 Å². The summed E-state index contributed by atoms with van der Waals surface area (Å²) < 4.78 is 35.7. The highest BCUT2D eigenvalue weighted by molar-refractivity contribution is 7.91. The first kappa shape index (κ1) is 21.3. The van der Waals surface area contributed by atoms with Crippen molar-refractivity contribution in [3.63, 3.8) is 0 Å². The lowest BCUT2D eigenvalue weighted by Gasteiger charge is -2.29. The van der Waals surface area contributed by atoms with Crippen LogP contribution in [0.4, 0.5) is 0 Å². The van der Waals surface area contributed by atoms with E-state index in [1.165, 1.54) is 0 Å². The van der Waals surface area contributed by atoms with Gasteiger partial charge in [-0.1, -0.05) is 30.3 Å². The van der Waals surface area contributed by atoms with Crippen LogP contribution >= 0.6 is 0 Å². The molecule has 162 valence electrons. The second-order valence-electron chi connectivity index (χ2n) is 7.71. The van der Waals surface area contributed by atoms with Crippen LogP contribution in [0.3, 0.4) is 0 Å². The van der Waals surface area contributed by atoms with Crippen LogP contribution in [0.25, 0.3) is 0 Å². The molecule has 0 spiro atoms. The van der Waals surface area contributed by atoms with Gasteiger partial charge >= 0.3 is 0 Å². The first-order valence-electron chi connectivity index (χ1n) is 10.3. The van der Waals surface area contributed by atoms with Crippen LogP contribution in [0.5, 0.6) is 17.2 Å². The predicted molar refractivity (Wildman–Crippen MR) is 120 cm³/mol. The maximum absolute atomic E-state index is 12.2. The minimum Gasteiger partial charge on any atom is -0.497 e. The number of nitrogens with zero attached hydrogens (tertiary/aromatic N) is 2. The molecular weight excluding hydrogens is 412 g/mol. The van der Waals surface area contributed by atoms with Crippen molar-refractivity contribution < 1.29 is 17.9 Å². The van der Waals surface area contributed by atoms with Gasteiger partial charge in [-0.25, -0.2) is 8.42 Å². The van der Waals surface area contributed by atoms with E-state index < -0.39 is 9.84 Å². The van der Waals surface area contributed by atoms with Gasteiger partial charge < -0.3 is 9.47 Å². The Bertz CT molecular complexity index is 1100. The van der Waals surface area contributed by atoms with Crippen LogP contribution in [-0.2, 0) is 22.9 Å². The van der Waals surface area contributed by atoms with E-state index in [9.17, 15) is 8.42 Å². The SMILES string of the molecule is COc1ccc(CN(Cc2ccccc2Oc2cccnc2)C2CCS(=O)(=O)C2)cc1. The largest absolute Gasteiger partial charge is 0.497 e. The normalized spacial score (nSPS) is 17.5. The molecule has 0 aliphatic carbocycles. The summed E-state index contributed by atoms with van der Waals surface area (Å²) in [5.41, 5.74) is 2.11. The molecule has 1 fully saturated rings. The van der Waals surface area contributed by atoms with Crippen molar-refractivity contribution in [2.45, 2.75) is 25.6 Å². The van der Waals surface area contributed by atoms with Gasteiger partial charge in [0.2, 0.25) is 0 Å². The number of hydrogen-bond donors (Lipinski definition) is 0. The van der Waals surface area contributed by atoms with Crippen LogP contribution in [0.15, 0.2) is 73.1 Å². The first-order valence-corrected chi connectivity index (χ1v) is 12.1. The second kappa shape index (κ2) is 9.49. The van der Waals surface area contributed by atoms with E-state index in [-0.39, 0.29) is 17.5 Å². The van der Waals surface area contributed by atoms with Crippen molar-refractivity contribution in [2.75, 3.05) is 18.6 Å². The second-order valence-corrected chi connectivity index (χ2v) is 9.94. The molecule has 0 amide bonds. The molecule has 0 radical (unpaired) electrons. The lowest BCUT2D eigenvalue weighted by Crippen LogP contribution is -2.35. The molecule has 0 bridgehead atoms. The fraction of sp³-hybridized carbons (Fsp3) is 0.292. The molecule has 3 aromatic rings. The molecule has 7 heteroatoms. The molecule has 1 aliphatic heterocycles. The van der Waals surface area contributed by atoms with Crippen molar-refractivity contribution in [3.05, 3.63) is 84.2 Å². The number of sulfone groups is 1. The lowest BCUT2D eigenvalue weighted by molar-refractivity contribution is 0.192. The Morgan fingerprint density at radius 3 is 2.48 bits per heavy atom. The molecule has 0 saturated carbocycles. The highest BCUT2D eigenvalue weighted by atomic mass is 32.2. The van der Waals surface area contributed by atoms with Gasteiger partial charge in [-0.3, -0.25) is 9.88 Å². The minimum absolute atomic E-state index is 0.0291. The molecule has 1 aliphatic rings. The Morgan fingerprint density at radius 1 is 1.00 bits per heavy atom.